The molecule has 0 bridgehead atoms. The van der Waals surface area contributed by atoms with Crippen molar-refractivity contribution in [2.75, 3.05) is 0 Å². The summed E-state index contributed by atoms with van der Waals surface area (Å²) in [5, 5.41) is 9.22. The minimum absolute atomic E-state index is 0.0358. The Balaban J connectivity index is 2.02. The van der Waals surface area contributed by atoms with Crippen molar-refractivity contribution in [1.82, 2.24) is 0 Å². The topological polar surface area (TPSA) is 20.2 Å². The minimum atomic E-state index is 0.0358. The molecule has 2 aliphatic carbocycles. The molecule has 1 heteroatoms. The molecule has 2 rings (SSSR count). The second kappa shape index (κ2) is 1.98. The van der Waals surface area contributed by atoms with E-state index in [0.29, 0.717) is 0 Å². The van der Waals surface area contributed by atoms with Crippen LogP contribution in [0.4, 0.5) is 0 Å². The van der Waals surface area contributed by atoms with E-state index in [1.165, 1.54) is 12.8 Å². The van der Waals surface area contributed by atoms with Gasteiger partial charge in [-0.3, -0.25) is 0 Å². The molecule has 1 N–H and O–H groups in total. The van der Waals surface area contributed by atoms with Crippen molar-refractivity contribution in [1.29, 1.82) is 0 Å². The lowest BCUT2D eigenvalue weighted by atomic mass is 10.0. The summed E-state index contributed by atoms with van der Waals surface area (Å²) < 4.78 is 0. The fourth-order valence-electron chi connectivity index (χ4n) is 2.28. The highest BCUT2D eigenvalue weighted by Crippen LogP contribution is 2.43. The van der Waals surface area contributed by atoms with Crippen molar-refractivity contribution in [3.8, 4) is 0 Å². The molecular weight excluding hydrogens is 112 g/mol. The van der Waals surface area contributed by atoms with Crippen LogP contribution in [-0.2, 0) is 0 Å². The first-order valence-corrected chi connectivity index (χ1v) is 3.86. The van der Waals surface area contributed by atoms with Gasteiger partial charge in [0.25, 0.3) is 0 Å². The van der Waals surface area contributed by atoms with E-state index in [2.05, 4.69) is 6.42 Å². The fraction of sp³-hybridized carbons (Fsp3) is 0.875. The van der Waals surface area contributed by atoms with E-state index in [9.17, 15) is 5.11 Å². The molecule has 0 saturated heterocycles. The van der Waals surface area contributed by atoms with Crippen LogP contribution in [0.5, 0.6) is 0 Å². The first-order chi connectivity index (χ1) is 4.36. The summed E-state index contributed by atoms with van der Waals surface area (Å²) in [6.07, 6.45) is 7.08. The van der Waals surface area contributed by atoms with Crippen molar-refractivity contribution < 1.29 is 5.11 Å². The Kier molecular flexibility index (Phi) is 1.26. The molecule has 0 aromatic carbocycles. The third-order valence-corrected chi connectivity index (χ3v) is 2.76. The van der Waals surface area contributed by atoms with Crippen molar-refractivity contribution in [3.63, 3.8) is 0 Å². The molecule has 0 aromatic rings. The first kappa shape index (κ1) is 5.72. The van der Waals surface area contributed by atoms with E-state index >= 15 is 0 Å². The van der Waals surface area contributed by atoms with Crippen LogP contribution in [0.2, 0.25) is 0 Å². The summed E-state index contributed by atoms with van der Waals surface area (Å²) in [5.41, 5.74) is 0. The lowest BCUT2D eigenvalue weighted by Gasteiger charge is -2.03. The molecule has 0 spiro atoms. The highest BCUT2D eigenvalue weighted by molar-refractivity contribution is 4.94. The van der Waals surface area contributed by atoms with E-state index in [4.69, 9.17) is 0 Å². The summed E-state index contributed by atoms with van der Waals surface area (Å²) >= 11 is 0. The smallest absolute Gasteiger partial charge is 0.0545 e. The maximum absolute atomic E-state index is 9.22. The SMILES string of the molecule is OC1CC2C[CH]CC2C1. The molecular formula is C8H13O. The maximum atomic E-state index is 9.22. The average molecular weight is 125 g/mol. The highest BCUT2D eigenvalue weighted by Gasteiger charge is 2.36. The van der Waals surface area contributed by atoms with Crippen LogP contribution in [-0.4, -0.2) is 11.2 Å². The van der Waals surface area contributed by atoms with Gasteiger partial charge in [-0.1, -0.05) is 0 Å². The molecule has 1 nitrogen and oxygen atoms in total. The third kappa shape index (κ3) is 0.877. The highest BCUT2D eigenvalue weighted by atomic mass is 16.3. The fourth-order valence-corrected chi connectivity index (χ4v) is 2.28. The zero-order valence-electron chi connectivity index (χ0n) is 5.59. The quantitative estimate of drug-likeness (QED) is 0.518. The third-order valence-electron chi connectivity index (χ3n) is 2.76. The number of rotatable bonds is 0. The van der Waals surface area contributed by atoms with Crippen LogP contribution < -0.4 is 0 Å². The van der Waals surface area contributed by atoms with Crippen molar-refractivity contribution in [2.45, 2.75) is 31.8 Å². The van der Waals surface area contributed by atoms with E-state index in [-0.39, 0.29) is 6.10 Å². The van der Waals surface area contributed by atoms with E-state index in [0.717, 1.165) is 24.7 Å². The molecule has 2 unspecified atom stereocenters. The predicted octanol–water partition coefficient (Wildman–Crippen LogP) is 1.37. The molecule has 0 heterocycles. The van der Waals surface area contributed by atoms with Crippen LogP contribution in [0.3, 0.4) is 0 Å². The van der Waals surface area contributed by atoms with E-state index in [1.54, 1.807) is 0 Å². The van der Waals surface area contributed by atoms with Gasteiger partial charge in [-0.2, -0.15) is 0 Å². The summed E-state index contributed by atoms with van der Waals surface area (Å²) in [4.78, 5) is 0. The van der Waals surface area contributed by atoms with Crippen LogP contribution >= 0.6 is 0 Å². The second-order valence-electron chi connectivity index (χ2n) is 3.41. The summed E-state index contributed by atoms with van der Waals surface area (Å²) in [5.74, 6) is 1.69. The van der Waals surface area contributed by atoms with Gasteiger partial charge in [0.15, 0.2) is 0 Å². The zero-order valence-corrected chi connectivity index (χ0v) is 5.59. The van der Waals surface area contributed by atoms with Gasteiger partial charge >= 0.3 is 0 Å². The van der Waals surface area contributed by atoms with Gasteiger partial charge in [0.2, 0.25) is 0 Å². The molecule has 2 atom stereocenters. The Labute approximate surface area is 56.1 Å². The Hall–Kier alpha value is -0.0400. The number of fused-ring (bicyclic) bond motifs is 1. The van der Waals surface area contributed by atoms with Crippen LogP contribution in [0, 0.1) is 18.3 Å². The van der Waals surface area contributed by atoms with Gasteiger partial charge < -0.3 is 5.11 Å². The Morgan fingerprint density at radius 1 is 1.11 bits per heavy atom. The van der Waals surface area contributed by atoms with E-state index in [1.807, 2.05) is 0 Å². The Bertz CT molecular complexity index is 99.1. The van der Waals surface area contributed by atoms with Gasteiger partial charge in [-0.15, -0.1) is 0 Å². The molecule has 2 saturated carbocycles. The monoisotopic (exact) mass is 125 g/mol. The van der Waals surface area contributed by atoms with Crippen LogP contribution in [0.25, 0.3) is 0 Å². The molecule has 1 radical (unpaired) electrons. The van der Waals surface area contributed by atoms with Crippen LogP contribution in [0.1, 0.15) is 25.7 Å². The largest absolute Gasteiger partial charge is 0.393 e. The molecule has 0 amide bonds. The Morgan fingerprint density at radius 2 is 1.67 bits per heavy atom. The number of aliphatic hydroxyl groups excluding tert-OH is 1. The summed E-state index contributed by atoms with van der Waals surface area (Å²) in [6.45, 7) is 0. The lowest BCUT2D eigenvalue weighted by Crippen LogP contribution is -1.99. The normalized spacial score (nSPS) is 49.7. The predicted molar refractivity (Wildman–Crippen MR) is 35.8 cm³/mol. The van der Waals surface area contributed by atoms with E-state index < -0.39 is 0 Å². The molecule has 0 aliphatic heterocycles. The van der Waals surface area contributed by atoms with Crippen molar-refractivity contribution in [2.24, 2.45) is 11.8 Å². The molecule has 51 valence electrons. The Morgan fingerprint density at radius 3 is 2.22 bits per heavy atom. The number of hydrogen-bond donors (Lipinski definition) is 1. The van der Waals surface area contributed by atoms with Gasteiger partial charge in [-0.05, 0) is 43.9 Å². The van der Waals surface area contributed by atoms with Crippen molar-refractivity contribution in [3.05, 3.63) is 6.42 Å². The molecule has 0 aromatic heterocycles. The number of aliphatic hydroxyl groups is 1. The van der Waals surface area contributed by atoms with Gasteiger partial charge in [0, 0.05) is 0 Å². The standard InChI is InChI=1S/C8H13O/c9-8-4-6-2-1-3-7(6)5-8/h1,6-9H,2-5H2. The first-order valence-electron chi connectivity index (χ1n) is 3.86. The average Bonchev–Trinajstić information content (AvgIpc) is 2.22. The van der Waals surface area contributed by atoms with Gasteiger partial charge in [-0.25, -0.2) is 0 Å². The second-order valence-corrected chi connectivity index (χ2v) is 3.41. The maximum Gasteiger partial charge on any atom is 0.0545 e. The molecule has 9 heavy (non-hydrogen) atoms. The van der Waals surface area contributed by atoms with Crippen molar-refractivity contribution >= 4 is 0 Å². The lowest BCUT2D eigenvalue weighted by molar-refractivity contribution is 0.173. The molecule has 2 aliphatic rings. The van der Waals surface area contributed by atoms with Crippen LogP contribution in [0.15, 0.2) is 0 Å². The van der Waals surface area contributed by atoms with Gasteiger partial charge in [0.05, 0.1) is 6.10 Å². The number of hydrogen-bond acceptors (Lipinski definition) is 1. The zero-order chi connectivity index (χ0) is 6.27. The summed E-state index contributed by atoms with van der Waals surface area (Å²) in [6, 6.07) is 0. The van der Waals surface area contributed by atoms with Gasteiger partial charge in [0.1, 0.15) is 0 Å². The molecule has 2 fully saturated rings. The summed E-state index contributed by atoms with van der Waals surface area (Å²) in [7, 11) is 0. The minimum Gasteiger partial charge on any atom is -0.393 e.